The van der Waals surface area contributed by atoms with Gasteiger partial charge in [-0.25, -0.2) is 4.79 Å². The van der Waals surface area contributed by atoms with Crippen LogP contribution in [-0.4, -0.2) is 32.0 Å². The van der Waals surface area contributed by atoms with Crippen molar-refractivity contribution in [2.75, 3.05) is 19.9 Å². The Kier molecular flexibility index (Phi) is 3.59. The summed E-state index contributed by atoms with van der Waals surface area (Å²) in [6, 6.07) is 0. The first-order valence-electron chi connectivity index (χ1n) is 4.85. The van der Waals surface area contributed by atoms with E-state index in [0.717, 1.165) is 0 Å². The Hall–Kier alpha value is -0.380. The molecular weight excluding hydrogens is 219 g/mol. The molecule has 0 amide bonds. The second-order valence-electron chi connectivity index (χ2n) is 4.27. The lowest BCUT2D eigenvalue weighted by molar-refractivity contribution is -0.144. The number of hydrogen-bond donors (Lipinski definition) is 0. The number of hydrogen-bond acceptors (Lipinski definition) is 5. The van der Waals surface area contributed by atoms with Crippen molar-refractivity contribution >= 4 is 13.6 Å². The molecule has 0 spiro atoms. The average Bonchev–Trinajstić information content (AvgIpc) is 2.31. The van der Waals surface area contributed by atoms with Gasteiger partial charge in [0.2, 0.25) is 0 Å². The molecule has 15 heavy (non-hydrogen) atoms. The molecule has 0 radical (unpaired) electrons. The molecule has 1 aliphatic rings. The van der Waals surface area contributed by atoms with Crippen LogP contribution in [0.25, 0.3) is 0 Å². The van der Waals surface area contributed by atoms with Gasteiger partial charge in [-0.3, -0.25) is 9.09 Å². The monoisotopic (exact) mass is 236 g/mol. The zero-order valence-corrected chi connectivity index (χ0v) is 10.4. The van der Waals surface area contributed by atoms with Crippen LogP contribution in [-0.2, 0) is 23.1 Å². The van der Waals surface area contributed by atoms with E-state index in [9.17, 15) is 9.36 Å². The summed E-state index contributed by atoms with van der Waals surface area (Å²) >= 11 is 0. The molecular formula is C9H17O5P. The predicted octanol–water partition coefficient (Wildman–Crippen LogP) is 1.81. The number of cyclic esters (lactones) is 1. The summed E-state index contributed by atoms with van der Waals surface area (Å²) in [5, 5.41) is 0. The molecule has 2 atom stereocenters. The van der Waals surface area contributed by atoms with Crippen LogP contribution >= 0.6 is 7.60 Å². The fourth-order valence-electron chi connectivity index (χ4n) is 1.37. The number of rotatable bonds is 4. The van der Waals surface area contributed by atoms with Gasteiger partial charge in [0.15, 0.2) is 6.10 Å². The SMILES string of the molecule is CCOP(C)(=O)O[C@H]1C(=O)OCC1(C)C. The molecule has 88 valence electrons. The van der Waals surface area contributed by atoms with Gasteiger partial charge in [-0.1, -0.05) is 13.8 Å². The normalized spacial score (nSPS) is 28.5. The maximum Gasteiger partial charge on any atom is 0.336 e. The van der Waals surface area contributed by atoms with Crippen molar-refractivity contribution in [1.29, 1.82) is 0 Å². The molecule has 1 rings (SSSR count). The van der Waals surface area contributed by atoms with E-state index in [4.69, 9.17) is 13.8 Å². The van der Waals surface area contributed by atoms with E-state index in [1.54, 1.807) is 6.92 Å². The van der Waals surface area contributed by atoms with Gasteiger partial charge < -0.3 is 9.26 Å². The molecule has 0 aromatic rings. The van der Waals surface area contributed by atoms with Crippen LogP contribution in [0.1, 0.15) is 20.8 Å². The fourth-order valence-corrected chi connectivity index (χ4v) is 2.65. The molecule has 5 nitrogen and oxygen atoms in total. The summed E-state index contributed by atoms with van der Waals surface area (Å²) in [4.78, 5) is 11.3. The largest absolute Gasteiger partial charge is 0.463 e. The molecule has 1 aliphatic heterocycles. The molecule has 1 saturated heterocycles. The molecule has 1 fully saturated rings. The Bertz CT molecular complexity index is 299. The van der Waals surface area contributed by atoms with E-state index in [0.29, 0.717) is 0 Å². The summed E-state index contributed by atoms with van der Waals surface area (Å²) in [6.07, 6.45) is -0.806. The topological polar surface area (TPSA) is 61.8 Å². The van der Waals surface area contributed by atoms with Crippen molar-refractivity contribution in [3.8, 4) is 0 Å². The summed E-state index contributed by atoms with van der Waals surface area (Å²) in [5.41, 5.74) is -0.458. The molecule has 0 aromatic carbocycles. The maximum absolute atomic E-state index is 11.8. The Morgan fingerprint density at radius 3 is 2.60 bits per heavy atom. The molecule has 0 N–H and O–H groups in total. The van der Waals surface area contributed by atoms with Gasteiger partial charge in [-0.05, 0) is 6.92 Å². The number of ether oxygens (including phenoxy) is 1. The van der Waals surface area contributed by atoms with Crippen molar-refractivity contribution in [3.63, 3.8) is 0 Å². The number of esters is 1. The summed E-state index contributed by atoms with van der Waals surface area (Å²) in [5.74, 6) is -0.471. The Morgan fingerprint density at radius 1 is 1.60 bits per heavy atom. The Labute approximate surface area is 89.6 Å². The minimum Gasteiger partial charge on any atom is -0.463 e. The van der Waals surface area contributed by atoms with Gasteiger partial charge in [-0.15, -0.1) is 0 Å². The average molecular weight is 236 g/mol. The van der Waals surface area contributed by atoms with Gasteiger partial charge in [-0.2, -0.15) is 0 Å². The standard InChI is InChI=1S/C9H17O5P/c1-5-13-15(4,11)14-7-8(10)12-6-9(7,2)3/h7H,5-6H2,1-4H3/t7-,15?/m0/s1. The van der Waals surface area contributed by atoms with E-state index in [1.807, 2.05) is 13.8 Å². The molecule has 1 heterocycles. The van der Waals surface area contributed by atoms with Crippen LogP contribution in [0.2, 0.25) is 0 Å². The van der Waals surface area contributed by atoms with E-state index in [-0.39, 0.29) is 13.2 Å². The number of carbonyl (C=O) groups excluding carboxylic acids is 1. The first-order valence-corrected chi connectivity index (χ1v) is 6.84. The third-order valence-electron chi connectivity index (χ3n) is 2.17. The van der Waals surface area contributed by atoms with Crippen molar-refractivity contribution in [1.82, 2.24) is 0 Å². The highest BCUT2D eigenvalue weighted by molar-refractivity contribution is 7.53. The molecule has 0 bridgehead atoms. The summed E-state index contributed by atoms with van der Waals surface area (Å²) in [7, 11) is -3.16. The highest BCUT2D eigenvalue weighted by Crippen LogP contribution is 2.49. The minimum absolute atomic E-state index is 0.280. The van der Waals surface area contributed by atoms with E-state index in [1.165, 1.54) is 6.66 Å². The van der Waals surface area contributed by atoms with Crippen LogP contribution < -0.4 is 0 Å². The Balaban J connectivity index is 2.72. The number of carbonyl (C=O) groups is 1. The fraction of sp³-hybridized carbons (Fsp3) is 0.889. The first kappa shape index (κ1) is 12.7. The van der Waals surface area contributed by atoms with E-state index < -0.39 is 25.1 Å². The third kappa shape index (κ3) is 3.03. The van der Waals surface area contributed by atoms with E-state index >= 15 is 0 Å². The Morgan fingerprint density at radius 2 is 2.20 bits per heavy atom. The van der Waals surface area contributed by atoms with Gasteiger partial charge >= 0.3 is 13.6 Å². The molecule has 0 aliphatic carbocycles. The lowest BCUT2D eigenvalue weighted by atomic mass is 9.90. The van der Waals surface area contributed by atoms with Gasteiger partial charge in [0.25, 0.3) is 0 Å². The quantitative estimate of drug-likeness (QED) is 0.550. The predicted molar refractivity (Wildman–Crippen MR) is 54.8 cm³/mol. The van der Waals surface area contributed by atoms with Crippen LogP contribution in [0.3, 0.4) is 0 Å². The van der Waals surface area contributed by atoms with Crippen molar-refractivity contribution in [2.45, 2.75) is 26.9 Å². The van der Waals surface area contributed by atoms with Gasteiger partial charge in [0, 0.05) is 12.1 Å². The smallest absolute Gasteiger partial charge is 0.336 e. The lowest BCUT2D eigenvalue weighted by Gasteiger charge is -2.24. The van der Waals surface area contributed by atoms with Crippen molar-refractivity contribution < 1.29 is 23.1 Å². The third-order valence-corrected chi connectivity index (χ3v) is 3.49. The summed E-state index contributed by atoms with van der Waals surface area (Å²) in [6.45, 7) is 7.30. The molecule has 6 heteroatoms. The second kappa shape index (κ2) is 4.24. The van der Waals surface area contributed by atoms with Crippen molar-refractivity contribution in [3.05, 3.63) is 0 Å². The molecule has 0 aromatic heterocycles. The highest BCUT2D eigenvalue weighted by atomic mass is 31.2. The van der Waals surface area contributed by atoms with Crippen LogP contribution in [0.15, 0.2) is 0 Å². The van der Waals surface area contributed by atoms with E-state index in [2.05, 4.69) is 0 Å². The van der Waals surface area contributed by atoms with Crippen LogP contribution in [0.4, 0.5) is 0 Å². The first-order chi connectivity index (χ1) is 6.78. The molecule has 0 saturated carbocycles. The van der Waals surface area contributed by atoms with Crippen molar-refractivity contribution in [2.24, 2.45) is 5.41 Å². The lowest BCUT2D eigenvalue weighted by Crippen LogP contribution is -2.32. The zero-order valence-electron chi connectivity index (χ0n) is 9.48. The van der Waals surface area contributed by atoms with Gasteiger partial charge in [0.05, 0.1) is 13.2 Å². The zero-order chi connectivity index (χ0) is 11.7. The highest BCUT2D eigenvalue weighted by Gasteiger charge is 2.47. The summed E-state index contributed by atoms with van der Waals surface area (Å²) < 4.78 is 26.8. The minimum atomic E-state index is -3.16. The second-order valence-corrected chi connectivity index (χ2v) is 6.28. The maximum atomic E-state index is 11.8. The van der Waals surface area contributed by atoms with Crippen LogP contribution in [0.5, 0.6) is 0 Å². The van der Waals surface area contributed by atoms with Crippen LogP contribution in [0, 0.1) is 5.41 Å². The van der Waals surface area contributed by atoms with Gasteiger partial charge in [0.1, 0.15) is 0 Å². The molecule has 1 unspecified atom stereocenters.